The van der Waals surface area contributed by atoms with Gasteiger partial charge in [0.25, 0.3) is 5.91 Å². The van der Waals surface area contributed by atoms with Gasteiger partial charge in [-0.2, -0.15) is 0 Å². The van der Waals surface area contributed by atoms with Crippen LogP contribution in [0.2, 0.25) is 0 Å². The number of hydrogen-bond donors (Lipinski definition) is 3. The van der Waals surface area contributed by atoms with Crippen LogP contribution in [0.5, 0.6) is 0 Å². The summed E-state index contributed by atoms with van der Waals surface area (Å²) >= 11 is 17.1. The van der Waals surface area contributed by atoms with Crippen LogP contribution in [0.1, 0.15) is 20.7 Å². The third kappa shape index (κ3) is 2.48. The standard InChI is InChI=1S/C10H7Cl3N2O3/c11-10(12,13)9-14-6-2-1-4(8(17)18)3-5(6)7(16)15-9/h1-3,9,14H,(H,15,16)(H,17,18). The van der Waals surface area contributed by atoms with Crippen LogP contribution < -0.4 is 10.6 Å². The Morgan fingerprint density at radius 1 is 1.28 bits per heavy atom. The molecule has 0 saturated heterocycles. The molecule has 1 heterocycles. The fraction of sp³-hybridized carbons (Fsp3) is 0.200. The first-order chi connectivity index (χ1) is 8.29. The minimum Gasteiger partial charge on any atom is -0.478 e. The van der Waals surface area contributed by atoms with E-state index >= 15 is 0 Å². The summed E-state index contributed by atoms with van der Waals surface area (Å²) in [5.74, 6) is -1.61. The van der Waals surface area contributed by atoms with E-state index in [1.54, 1.807) is 0 Å². The number of carbonyl (C=O) groups is 2. The van der Waals surface area contributed by atoms with E-state index in [1.165, 1.54) is 18.2 Å². The maximum Gasteiger partial charge on any atom is 0.335 e. The van der Waals surface area contributed by atoms with E-state index in [-0.39, 0.29) is 11.1 Å². The summed E-state index contributed by atoms with van der Waals surface area (Å²) in [6, 6.07) is 4.08. The number of fused-ring (bicyclic) bond motifs is 1. The molecule has 18 heavy (non-hydrogen) atoms. The Kier molecular flexibility index (Phi) is 3.31. The molecule has 96 valence electrons. The summed E-state index contributed by atoms with van der Waals surface area (Å²) in [4.78, 5) is 22.6. The first-order valence-corrected chi connectivity index (χ1v) is 5.94. The Morgan fingerprint density at radius 2 is 1.94 bits per heavy atom. The molecule has 0 saturated carbocycles. The lowest BCUT2D eigenvalue weighted by atomic mass is 10.1. The van der Waals surface area contributed by atoms with Crippen molar-refractivity contribution in [3.63, 3.8) is 0 Å². The van der Waals surface area contributed by atoms with Gasteiger partial charge in [0, 0.05) is 5.69 Å². The second-order valence-electron chi connectivity index (χ2n) is 3.66. The Bertz CT molecular complexity index is 528. The number of carboxylic acids is 1. The van der Waals surface area contributed by atoms with Crippen molar-refractivity contribution in [1.82, 2.24) is 5.32 Å². The molecule has 1 unspecified atom stereocenters. The predicted molar refractivity (Wildman–Crippen MR) is 68.6 cm³/mol. The maximum absolute atomic E-state index is 11.8. The highest BCUT2D eigenvalue weighted by Crippen LogP contribution is 2.34. The van der Waals surface area contributed by atoms with Crippen LogP contribution in [-0.4, -0.2) is 26.9 Å². The smallest absolute Gasteiger partial charge is 0.335 e. The number of benzene rings is 1. The maximum atomic E-state index is 11.8. The van der Waals surface area contributed by atoms with Gasteiger partial charge in [0.2, 0.25) is 3.79 Å². The molecule has 5 nitrogen and oxygen atoms in total. The summed E-state index contributed by atoms with van der Waals surface area (Å²) in [6.07, 6.45) is -0.877. The van der Waals surface area contributed by atoms with Gasteiger partial charge in [0.15, 0.2) is 0 Å². The van der Waals surface area contributed by atoms with E-state index in [2.05, 4.69) is 10.6 Å². The Hall–Kier alpha value is -1.17. The summed E-state index contributed by atoms with van der Waals surface area (Å²) in [6.45, 7) is 0. The molecular formula is C10H7Cl3N2O3. The lowest BCUT2D eigenvalue weighted by Crippen LogP contribution is -2.52. The molecule has 3 N–H and O–H groups in total. The van der Waals surface area contributed by atoms with Crippen molar-refractivity contribution >= 4 is 52.4 Å². The van der Waals surface area contributed by atoms with Crippen LogP contribution >= 0.6 is 34.8 Å². The number of carbonyl (C=O) groups excluding carboxylic acids is 1. The molecular weight excluding hydrogens is 302 g/mol. The van der Waals surface area contributed by atoms with E-state index < -0.39 is 21.8 Å². The molecule has 0 aliphatic carbocycles. The van der Waals surface area contributed by atoms with Crippen molar-refractivity contribution in [3.05, 3.63) is 29.3 Å². The summed E-state index contributed by atoms with van der Waals surface area (Å²) in [5, 5.41) is 14.1. The third-order valence-corrected chi connectivity index (χ3v) is 3.07. The molecule has 0 spiro atoms. The van der Waals surface area contributed by atoms with E-state index in [4.69, 9.17) is 39.9 Å². The number of aromatic carboxylic acids is 1. The number of nitrogens with one attached hydrogen (secondary N) is 2. The second-order valence-corrected chi connectivity index (χ2v) is 6.03. The van der Waals surface area contributed by atoms with Crippen LogP contribution in [0.15, 0.2) is 18.2 Å². The fourth-order valence-electron chi connectivity index (χ4n) is 1.56. The van der Waals surface area contributed by atoms with Crippen molar-refractivity contribution in [1.29, 1.82) is 0 Å². The molecule has 0 radical (unpaired) electrons. The molecule has 0 fully saturated rings. The van der Waals surface area contributed by atoms with Gasteiger partial charge in [-0.3, -0.25) is 4.79 Å². The van der Waals surface area contributed by atoms with Gasteiger partial charge >= 0.3 is 5.97 Å². The molecule has 1 aromatic carbocycles. The lowest BCUT2D eigenvalue weighted by molar-refractivity contribution is 0.0697. The lowest BCUT2D eigenvalue weighted by Gasteiger charge is -2.32. The van der Waals surface area contributed by atoms with Crippen LogP contribution in [0.3, 0.4) is 0 Å². The van der Waals surface area contributed by atoms with Gasteiger partial charge in [0.1, 0.15) is 6.17 Å². The van der Waals surface area contributed by atoms with Crippen LogP contribution in [0.4, 0.5) is 5.69 Å². The fourth-order valence-corrected chi connectivity index (χ4v) is 1.88. The molecule has 1 aromatic rings. The summed E-state index contributed by atoms with van der Waals surface area (Å²) in [7, 11) is 0. The van der Waals surface area contributed by atoms with Crippen molar-refractivity contribution in [2.75, 3.05) is 5.32 Å². The number of anilines is 1. The van der Waals surface area contributed by atoms with E-state index in [9.17, 15) is 9.59 Å². The van der Waals surface area contributed by atoms with Crippen LogP contribution in [-0.2, 0) is 0 Å². The Balaban J connectivity index is 2.39. The van der Waals surface area contributed by atoms with E-state index in [0.29, 0.717) is 5.69 Å². The monoisotopic (exact) mass is 308 g/mol. The Morgan fingerprint density at radius 3 is 2.50 bits per heavy atom. The summed E-state index contributed by atoms with van der Waals surface area (Å²) < 4.78 is -1.71. The predicted octanol–water partition coefficient (Wildman–Crippen LogP) is 2.24. The molecule has 1 aliphatic heterocycles. The van der Waals surface area contributed by atoms with Gasteiger partial charge in [-0.15, -0.1) is 0 Å². The largest absolute Gasteiger partial charge is 0.478 e. The first kappa shape index (κ1) is 13.3. The average Bonchev–Trinajstić information content (AvgIpc) is 2.27. The Labute approximate surface area is 117 Å². The molecule has 0 aromatic heterocycles. The van der Waals surface area contributed by atoms with Gasteiger partial charge in [-0.05, 0) is 18.2 Å². The second kappa shape index (κ2) is 4.50. The van der Waals surface area contributed by atoms with Crippen LogP contribution in [0.25, 0.3) is 0 Å². The zero-order valence-corrected chi connectivity index (χ0v) is 11.0. The van der Waals surface area contributed by atoms with E-state index in [0.717, 1.165) is 0 Å². The highest BCUT2D eigenvalue weighted by molar-refractivity contribution is 6.68. The number of alkyl halides is 3. The topological polar surface area (TPSA) is 78.4 Å². The van der Waals surface area contributed by atoms with Crippen LogP contribution in [0, 0.1) is 0 Å². The number of rotatable bonds is 1. The van der Waals surface area contributed by atoms with E-state index in [1.807, 2.05) is 0 Å². The number of amides is 1. The minimum atomic E-state index is -1.71. The SMILES string of the molecule is O=C(O)c1ccc2c(c1)C(=O)NC(C(Cl)(Cl)Cl)N2. The zero-order chi connectivity index (χ0) is 13.5. The average molecular weight is 310 g/mol. The highest BCUT2D eigenvalue weighted by Gasteiger charge is 2.37. The van der Waals surface area contributed by atoms with Crippen molar-refractivity contribution in [3.8, 4) is 0 Å². The summed E-state index contributed by atoms with van der Waals surface area (Å²) in [5.41, 5.74) is 0.624. The molecule has 2 rings (SSSR count). The molecule has 1 aliphatic rings. The normalized spacial score (nSPS) is 18.6. The number of hydrogen-bond acceptors (Lipinski definition) is 3. The molecule has 1 atom stereocenters. The molecule has 8 heteroatoms. The molecule has 1 amide bonds. The third-order valence-electron chi connectivity index (χ3n) is 2.41. The van der Waals surface area contributed by atoms with Gasteiger partial charge in [0.05, 0.1) is 11.1 Å². The van der Waals surface area contributed by atoms with Crippen molar-refractivity contribution < 1.29 is 14.7 Å². The van der Waals surface area contributed by atoms with Gasteiger partial charge in [-0.1, -0.05) is 34.8 Å². The number of halogens is 3. The van der Waals surface area contributed by atoms with Crippen molar-refractivity contribution in [2.24, 2.45) is 0 Å². The van der Waals surface area contributed by atoms with Gasteiger partial charge < -0.3 is 15.7 Å². The van der Waals surface area contributed by atoms with Gasteiger partial charge in [-0.25, -0.2) is 4.79 Å². The quantitative estimate of drug-likeness (QED) is 0.695. The molecule has 0 bridgehead atoms. The van der Waals surface area contributed by atoms with Crippen molar-refractivity contribution in [2.45, 2.75) is 9.96 Å². The first-order valence-electron chi connectivity index (χ1n) is 4.80. The number of carboxylic acid groups (broad SMARTS) is 1. The minimum absolute atomic E-state index is 0.0121. The zero-order valence-electron chi connectivity index (χ0n) is 8.71. The highest BCUT2D eigenvalue weighted by atomic mass is 35.6.